The third-order valence-electron chi connectivity index (χ3n) is 6.85. The summed E-state index contributed by atoms with van der Waals surface area (Å²) in [4.78, 5) is 44.3. The number of carbonyl (C=O) groups is 3. The summed E-state index contributed by atoms with van der Waals surface area (Å²) in [5, 5.41) is 10.2. The molecule has 5 rings (SSSR count). The zero-order valence-electron chi connectivity index (χ0n) is 19.7. The molecule has 7 nitrogen and oxygen atoms in total. The standard InChI is InChI=1S/C29H27N3O4/c33-26(19-16-21-10-4-1-5-11-21)32-24-17-18-25(32)27(28(34)35)30(20-24)29(36)31(22-12-6-2-7-13-22)23-14-8-3-9-15-23/h1-16,19,24-25,27H,17-18,20H2,(H,34,35)/b19-16+/t24?,25-,27+/m1/s1. The van der Waals surface area contributed by atoms with E-state index in [4.69, 9.17) is 0 Å². The van der Waals surface area contributed by atoms with Crippen LogP contribution in [0, 0.1) is 0 Å². The first-order valence-corrected chi connectivity index (χ1v) is 12.0. The number of hydrogen-bond donors (Lipinski definition) is 1. The van der Waals surface area contributed by atoms with Gasteiger partial charge in [-0.2, -0.15) is 0 Å². The molecule has 182 valence electrons. The number of para-hydroxylation sites is 2. The molecule has 2 saturated heterocycles. The minimum absolute atomic E-state index is 0.160. The number of fused-ring (bicyclic) bond motifs is 2. The summed E-state index contributed by atoms with van der Waals surface area (Å²) < 4.78 is 0. The van der Waals surface area contributed by atoms with E-state index < -0.39 is 24.1 Å². The highest BCUT2D eigenvalue weighted by Gasteiger charge is 2.53. The van der Waals surface area contributed by atoms with Crippen LogP contribution in [0.15, 0.2) is 97.1 Å². The van der Waals surface area contributed by atoms with Crippen molar-refractivity contribution in [2.75, 3.05) is 11.4 Å². The molecule has 1 N–H and O–H groups in total. The summed E-state index contributed by atoms with van der Waals surface area (Å²) in [6.07, 6.45) is 4.42. The van der Waals surface area contributed by atoms with Gasteiger partial charge in [-0.15, -0.1) is 0 Å². The zero-order valence-corrected chi connectivity index (χ0v) is 19.7. The van der Waals surface area contributed by atoms with Gasteiger partial charge in [0.1, 0.15) is 0 Å². The maximum absolute atomic E-state index is 14.0. The number of carbonyl (C=O) groups excluding carboxylic acids is 2. The molecule has 36 heavy (non-hydrogen) atoms. The minimum Gasteiger partial charge on any atom is -0.480 e. The fourth-order valence-electron chi connectivity index (χ4n) is 5.26. The van der Waals surface area contributed by atoms with E-state index >= 15 is 0 Å². The predicted molar refractivity (Wildman–Crippen MR) is 138 cm³/mol. The lowest BCUT2D eigenvalue weighted by Crippen LogP contribution is -2.66. The number of carboxylic acid groups (broad SMARTS) is 1. The quantitative estimate of drug-likeness (QED) is 0.532. The van der Waals surface area contributed by atoms with E-state index in [0.717, 1.165) is 5.56 Å². The van der Waals surface area contributed by atoms with Gasteiger partial charge in [-0.05, 0) is 48.7 Å². The number of rotatable bonds is 5. The van der Waals surface area contributed by atoms with Crippen LogP contribution < -0.4 is 4.90 Å². The number of carboxylic acids is 1. The number of piperazine rings is 1. The van der Waals surface area contributed by atoms with Crippen molar-refractivity contribution in [3.63, 3.8) is 0 Å². The first-order chi connectivity index (χ1) is 17.5. The highest BCUT2D eigenvalue weighted by molar-refractivity contribution is 6.02. The molecule has 0 saturated carbocycles. The molecule has 0 spiro atoms. The Morgan fingerprint density at radius 2 is 1.36 bits per heavy atom. The Hall–Kier alpha value is -4.39. The third kappa shape index (κ3) is 4.47. The van der Waals surface area contributed by atoms with Crippen molar-refractivity contribution < 1.29 is 19.5 Å². The number of hydrogen-bond acceptors (Lipinski definition) is 3. The number of nitrogens with zero attached hydrogens (tertiary/aromatic N) is 3. The van der Waals surface area contributed by atoms with Gasteiger partial charge in [0.25, 0.3) is 0 Å². The topological polar surface area (TPSA) is 81.2 Å². The average Bonchev–Trinajstić information content (AvgIpc) is 3.21. The van der Waals surface area contributed by atoms with Gasteiger partial charge in [0, 0.05) is 12.6 Å². The number of amides is 3. The van der Waals surface area contributed by atoms with Crippen molar-refractivity contribution in [3.05, 3.63) is 103 Å². The second-order valence-electron chi connectivity index (χ2n) is 9.01. The van der Waals surface area contributed by atoms with Crippen molar-refractivity contribution in [2.24, 2.45) is 0 Å². The summed E-state index contributed by atoms with van der Waals surface area (Å²) in [7, 11) is 0. The molecule has 1 unspecified atom stereocenters. The second-order valence-corrected chi connectivity index (χ2v) is 9.01. The molecule has 3 amide bonds. The monoisotopic (exact) mass is 481 g/mol. The first-order valence-electron chi connectivity index (χ1n) is 12.0. The fourth-order valence-corrected chi connectivity index (χ4v) is 5.26. The zero-order chi connectivity index (χ0) is 25.1. The Kier molecular flexibility index (Phi) is 6.54. The molecule has 3 aromatic carbocycles. The Balaban J connectivity index is 1.45. The van der Waals surface area contributed by atoms with E-state index in [2.05, 4.69) is 0 Å². The largest absolute Gasteiger partial charge is 0.480 e. The van der Waals surface area contributed by atoms with Crippen LogP contribution in [0.1, 0.15) is 18.4 Å². The van der Waals surface area contributed by atoms with Gasteiger partial charge in [0.05, 0.1) is 23.5 Å². The molecule has 0 aliphatic carbocycles. The summed E-state index contributed by atoms with van der Waals surface area (Å²) in [5.74, 6) is -1.34. The molecule has 2 aliphatic heterocycles. The van der Waals surface area contributed by atoms with Gasteiger partial charge in [-0.3, -0.25) is 9.69 Å². The molecule has 0 aromatic heterocycles. The number of aliphatic carboxylic acids is 1. The summed E-state index contributed by atoms with van der Waals surface area (Å²) in [6.45, 7) is 0.160. The predicted octanol–water partition coefficient (Wildman–Crippen LogP) is 4.79. The molecule has 2 heterocycles. The highest BCUT2D eigenvalue weighted by atomic mass is 16.4. The van der Waals surface area contributed by atoms with E-state index in [0.29, 0.717) is 24.2 Å². The Morgan fingerprint density at radius 3 is 1.92 bits per heavy atom. The third-order valence-corrected chi connectivity index (χ3v) is 6.85. The second kappa shape index (κ2) is 10.1. The van der Waals surface area contributed by atoms with Crippen LogP contribution >= 0.6 is 0 Å². The number of likely N-dealkylation sites (tertiary alicyclic amines) is 1. The lowest BCUT2D eigenvalue weighted by molar-refractivity contribution is -0.149. The fraction of sp³-hybridized carbons (Fsp3) is 0.207. The van der Waals surface area contributed by atoms with Crippen LogP contribution in [0.25, 0.3) is 6.08 Å². The van der Waals surface area contributed by atoms with Crippen LogP contribution in [0.2, 0.25) is 0 Å². The molecule has 7 heteroatoms. The molecule has 2 fully saturated rings. The van der Waals surface area contributed by atoms with E-state index in [9.17, 15) is 19.5 Å². The average molecular weight is 482 g/mol. The molecule has 2 bridgehead atoms. The summed E-state index contributed by atoms with van der Waals surface area (Å²) in [5.41, 5.74) is 2.19. The van der Waals surface area contributed by atoms with Crippen LogP contribution in [0.3, 0.4) is 0 Å². The smallest absolute Gasteiger partial charge is 0.329 e. The van der Waals surface area contributed by atoms with Crippen molar-refractivity contribution in [1.29, 1.82) is 0 Å². The lowest BCUT2D eigenvalue weighted by atomic mass is 10.0. The molecule has 2 aliphatic rings. The normalized spacial score (nSPS) is 20.9. The molecular formula is C29H27N3O4. The molecule has 3 atom stereocenters. The maximum Gasteiger partial charge on any atom is 0.329 e. The molecule has 0 radical (unpaired) electrons. The van der Waals surface area contributed by atoms with Gasteiger partial charge >= 0.3 is 12.0 Å². The van der Waals surface area contributed by atoms with Crippen LogP contribution in [0.4, 0.5) is 16.2 Å². The SMILES string of the molecule is O=C(O)[C@@H]1[C@H]2CCC(CN1C(=O)N(c1ccccc1)c1ccccc1)N2C(=O)/C=C/c1ccccc1. The highest BCUT2D eigenvalue weighted by Crippen LogP contribution is 2.37. The number of urea groups is 1. The van der Waals surface area contributed by atoms with Crippen LogP contribution in [-0.4, -0.2) is 57.5 Å². The van der Waals surface area contributed by atoms with Crippen LogP contribution in [0.5, 0.6) is 0 Å². The van der Waals surface area contributed by atoms with Crippen molar-refractivity contribution in [3.8, 4) is 0 Å². The minimum atomic E-state index is -1.14. The summed E-state index contributed by atoms with van der Waals surface area (Å²) >= 11 is 0. The van der Waals surface area contributed by atoms with E-state index in [-0.39, 0.29) is 18.5 Å². The van der Waals surface area contributed by atoms with Crippen molar-refractivity contribution in [2.45, 2.75) is 31.0 Å². The Morgan fingerprint density at radius 1 is 0.806 bits per heavy atom. The summed E-state index contributed by atoms with van der Waals surface area (Å²) in [6, 6.07) is 25.5. The number of benzene rings is 3. The van der Waals surface area contributed by atoms with E-state index in [1.165, 1.54) is 11.0 Å². The Labute approximate surface area is 209 Å². The molecule has 3 aromatic rings. The van der Waals surface area contributed by atoms with Crippen LogP contribution in [-0.2, 0) is 9.59 Å². The first kappa shape index (κ1) is 23.4. The van der Waals surface area contributed by atoms with Gasteiger partial charge in [0.15, 0.2) is 6.04 Å². The van der Waals surface area contributed by atoms with Crippen molar-refractivity contribution >= 4 is 35.4 Å². The van der Waals surface area contributed by atoms with Crippen molar-refractivity contribution in [1.82, 2.24) is 9.80 Å². The van der Waals surface area contributed by atoms with E-state index in [1.54, 1.807) is 15.9 Å². The van der Waals surface area contributed by atoms with Gasteiger partial charge in [0.2, 0.25) is 5.91 Å². The van der Waals surface area contributed by atoms with Gasteiger partial charge < -0.3 is 14.9 Å². The molecular weight excluding hydrogens is 454 g/mol. The Bertz CT molecular complexity index is 1220. The maximum atomic E-state index is 14.0. The van der Waals surface area contributed by atoms with Gasteiger partial charge in [-0.1, -0.05) is 66.7 Å². The number of anilines is 2. The lowest BCUT2D eigenvalue weighted by Gasteiger charge is -2.46. The van der Waals surface area contributed by atoms with E-state index in [1.807, 2.05) is 91.0 Å². The van der Waals surface area contributed by atoms with Gasteiger partial charge in [-0.25, -0.2) is 9.59 Å².